The van der Waals surface area contributed by atoms with E-state index in [1.54, 1.807) is 0 Å². The molecule has 172 valence electrons. The van der Waals surface area contributed by atoms with Gasteiger partial charge in [-0.15, -0.1) is 0 Å². The Balaban J connectivity index is 3.47. The topological polar surface area (TPSA) is 167 Å². The van der Waals surface area contributed by atoms with Crippen molar-refractivity contribution in [2.24, 2.45) is 0 Å². The lowest BCUT2D eigenvalue weighted by Gasteiger charge is -2.19. The molecule has 0 saturated heterocycles. The summed E-state index contributed by atoms with van der Waals surface area (Å²) in [6.07, 6.45) is -10.9. The van der Waals surface area contributed by atoms with Crippen LogP contribution in [0.3, 0.4) is 0 Å². The van der Waals surface area contributed by atoms with E-state index in [9.17, 15) is 47.4 Å². The van der Waals surface area contributed by atoms with Crippen LogP contribution in [0.25, 0.3) is 11.1 Å². The molecule has 0 heterocycles. The molecule has 2 rings (SSSR count). The number of alkyl halides is 6. The van der Waals surface area contributed by atoms with E-state index in [0.29, 0.717) is 12.1 Å². The number of nitrogens with zero attached hydrogens (tertiary/aromatic N) is 7. The zero-order valence-corrected chi connectivity index (χ0v) is 17.1. The highest BCUT2D eigenvalue weighted by molar-refractivity contribution is 5.85. The third-order valence-electron chi connectivity index (χ3n) is 4.65. The van der Waals surface area contributed by atoms with Gasteiger partial charge in [-0.2, -0.15) is 63.2 Å². The summed E-state index contributed by atoms with van der Waals surface area (Å²) in [5, 5.41) is 64.1. The molecule has 7 nitrogen and oxygen atoms in total. The van der Waals surface area contributed by atoms with Crippen molar-refractivity contribution in [3.05, 3.63) is 67.6 Å². The first-order valence-corrected chi connectivity index (χ1v) is 8.93. The number of halogens is 6. The summed E-state index contributed by atoms with van der Waals surface area (Å²) in [5.74, 6) is 0. The van der Waals surface area contributed by atoms with Crippen LogP contribution in [0.1, 0.15) is 38.9 Å². The third kappa shape index (κ3) is 4.48. The van der Waals surface area contributed by atoms with Gasteiger partial charge in [0, 0.05) is 10.8 Å². The Morgan fingerprint density at radius 1 is 0.611 bits per heavy atom. The lowest BCUT2D eigenvalue weighted by Crippen LogP contribution is -2.24. The predicted molar refractivity (Wildman–Crippen MR) is 104 cm³/mol. The molecule has 0 saturated carbocycles. The maximum atomic E-state index is 14.0. The standard InChI is InChI=1S/C23H3F6N7/c24-22(25,26)18-3-14(6-32)21(23(27,28)29)20(17(18)10-36)16(9-35)11-1-12(4-30)19(13(2-11)5-31)15(7-33)8-34/h1-3H. The van der Waals surface area contributed by atoms with E-state index >= 15 is 0 Å². The van der Waals surface area contributed by atoms with E-state index in [2.05, 4.69) is 0 Å². The fourth-order valence-corrected chi connectivity index (χ4v) is 3.29. The monoisotopic (exact) mass is 491 g/mol. The van der Waals surface area contributed by atoms with E-state index in [-0.39, 0.29) is 6.07 Å². The second-order valence-electron chi connectivity index (χ2n) is 6.57. The maximum Gasteiger partial charge on any atom is 0.418 e. The van der Waals surface area contributed by atoms with Gasteiger partial charge in [0.05, 0.1) is 57.2 Å². The van der Waals surface area contributed by atoms with Crippen molar-refractivity contribution in [1.82, 2.24) is 0 Å². The minimum atomic E-state index is -5.52. The zero-order chi connectivity index (χ0) is 27.4. The molecule has 2 aromatic carbocycles. The van der Waals surface area contributed by atoms with Crippen LogP contribution in [-0.2, 0) is 12.4 Å². The van der Waals surface area contributed by atoms with Gasteiger partial charge >= 0.3 is 12.4 Å². The molecule has 0 fully saturated rings. The smallest absolute Gasteiger partial charge is 0.192 e. The van der Waals surface area contributed by atoms with Crippen LogP contribution in [0, 0.1) is 79.3 Å². The van der Waals surface area contributed by atoms with E-state index in [0.717, 1.165) is 12.1 Å². The van der Waals surface area contributed by atoms with Crippen molar-refractivity contribution in [1.29, 1.82) is 36.8 Å². The van der Waals surface area contributed by atoms with E-state index in [1.165, 1.54) is 30.3 Å². The molecule has 0 unspecified atom stereocenters. The SMILES string of the molecule is N#CC(c1c(C#N)c(C(F)(F)F)cc(C#N)c1C(F)(F)F)=c1cc(C#N)c(=C(C#N)C#N)c(C#N)c1. The third-order valence-corrected chi connectivity index (χ3v) is 4.65. The summed E-state index contributed by atoms with van der Waals surface area (Å²) in [6.45, 7) is 0. The van der Waals surface area contributed by atoms with Crippen molar-refractivity contribution < 1.29 is 26.3 Å². The van der Waals surface area contributed by atoms with Crippen LogP contribution >= 0.6 is 0 Å². The highest BCUT2D eigenvalue weighted by Gasteiger charge is 2.44. The average molecular weight is 491 g/mol. The van der Waals surface area contributed by atoms with Gasteiger partial charge in [-0.3, -0.25) is 0 Å². The summed E-state index contributed by atoms with van der Waals surface area (Å²) in [7, 11) is 0. The lowest BCUT2D eigenvalue weighted by atomic mass is 9.86. The first-order chi connectivity index (χ1) is 16.8. The molecule has 13 heteroatoms. The van der Waals surface area contributed by atoms with Crippen molar-refractivity contribution in [3.8, 4) is 42.5 Å². The highest BCUT2D eigenvalue weighted by Crippen LogP contribution is 2.43. The lowest BCUT2D eigenvalue weighted by molar-refractivity contribution is -0.141. The molecular weight excluding hydrogens is 488 g/mol. The summed E-state index contributed by atoms with van der Waals surface area (Å²) >= 11 is 0. The molecule has 0 N–H and O–H groups in total. The Morgan fingerprint density at radius 2 is 1.11 bits per heavy atom. The van der Waals surface area contributed by atoms with Crippen LogP contribution in [0.4, 0.5) is 26.3 Å². The molecule has 0 aliphatic heterocycles. The first kappa shape index (κ1) is 26.4. The fourth-order valence-electron chi connectivity index (χ4n) is 3.29. The Hall–Kier alpha value is -5.81. The summed E-state index contributed by atoms with van der Waals surface area (Å²) < 4.78 is 82.7. The van der Waals surface area contributed by atoms with Crippen LogP contribution < -0.4 is 10.4 Å². The number of benzene rings is 2. The molecule has 0 amide bonds. The Kier molecular flexibility index (Phi) is 7.04. The zero-order valence-electron chi connectivity index (χ0n) is 17.1. The van der Waals surface area contributed by atoms with Crippen LogP contribution in [0.5, 0.6) is 0 Å². The van der Waals surface area contributed by atoms with Gasteiger partial charge in [-0.05, 0) is 23.4 Å². The molecule has 0 bridgehead atoms. The molecule has 0 atom stereocenters. The molecule has 0 aliphatic carbocycles. The Labute approximate surface area is 197 Å². The van der Waals surface area contributed by atoms with Gasteiger partial charge in [-0.1, -0.05) is 0 Å². The molecule has 2 aromatic rings. The van der Waals surface area contributed by atoms with Crippen LogP contribution in [0.2, 0.25) is 0 Å². The molecule has 0 spiro atoms. The molecular formula is C23H3F6N7. The van der Waals surface area contributed by atoms with Crippen LogP contribution in [0.15, 0.2) is 18.2 Å². The fraction of sp³-hybridized carbons (Fsp3) is 0.0870. The minimum Gasteiger partial charge on any atom is -0.192 e. The first-order valence-electron chi connectivity index (χ1n) is 8.93. The van der Waals surface area contributed by atoms with Gasteiger partial charge in [0.25, 0.3) is 0 Å². The minimum absolute atomic E-state index is 0.161. The largest absolute Gasteiger partial charge is 0.418 e. The summed E-state index contributed by atoms with van der Waals surface area (Å²) in [4.78, 5) is 0. The molecule has 0 aliphatic rings. The van der Waals surface area contributed by atoms with E-state index in [4.69, 9.17) is 15.8 Å². The normalized spacial score (nSPS) is 10.3. The number of rotatable bonds is 1. The van der Waals surface area contributed by atoms with Gasteiger partial charge < -0.3 is 0 Å². The molecule has 0 aromatic heterocycles. The second-order valence-corrected chi connectivity index (χ2v) is 6.57. The molecule has 0 radical (unpaired) electrons. The number of hydrogen-bond donors (Lipinski definition) is 0. The van der Waals surface area contributed by atoms with Crippen molar-refractivity contribution >= 4 is 11.1 Å². The Bertz CT molecular complexity index is 1670. The number of hydrogen-bond acceptors (Lipinski definition) is 7. The predicted octanol–water partition coefficient (Wildman–Crippen LogP) is 3.13. The Morgan fingerprint density at radius 3 is 1.44 bits per heavy atom. The van der Waals surface area contributed by atoms with Crippen molar-refractivity contribution in [2.45, 2.75) is 12.4 Å². The van der Waals surface area contributed by atoms with Gasteiger partial charge in [0.1, 0.15) is 29.8 Å². The quantitative estimate of drug-likeness (QED) is 0.552. The van der Waals surface area contributed by atoms with Gasteiger partial charge in [0.2, 0.25) is 0 Å². The second kappa shape index (κ2) is 9.59. The molecule has 36 heavy (non-hydrogen) atoms. The van der Waals surface area contributed by atoms with Gasteiger partial charge in [-0.25, -0.2) is 0 Å². The van der Waals surface area contributed by atoms with Crippen molar-refractivity contribution in [2.75, 3.05) is 0 Å². The summed E-state index contributed by atoms with van der Waals surface area (Å²) in [6, 6.07) is 10.3. The average Bonchev–Trinajstić information content (AvgIpc) is 2.83. The highest BCUT2D eigenvalue weighted by atomic mass is 19.4. The van der Waals surface area contributed by atoms with Crippen LogP contribution in [-0.4, -0.2) is 0 Å². The van der Waals surface area contributed by atoms with Gasteiger partial charge in [0.15, 0.2) is 0 Å². The van der Waals surface area contributed by atoms with E-state index in [1.807, 2.05) is 0 Å². The van der Waals surface area contributed by atoms with Crippen molar-refractivity contribution in [3.63, 3.8) is 0 Å². The summed E-state index contributed by atoms with van der Waals surface area (Å²) in [5.41, 5.74) is -11.9. The van der Waals surface area contributed by atoms with E-state index < -0.39 is 72.9 Å². The maximum absolute atomic E-state index is 14.0. The number of nitriles is 7.